The van der Waals surface area contributed by atoms with Crippen molar-refractivity contribution < 1.29 is 9.90 Å². The number of aliphatic carboxylic acids is 1. The first-order valence-electron chi connectivity index (χ1n) is 7.29. The number of fused-ring (bicyclic) bond motifs is 3. The van der Waals surface area contributed by atoms with Gasteiger partial charge in [0.05, 0.1) is 0 Å². The number of hydrogen-bond donors (Lipinski definition) is 3. The van der Waals surface area contributed by atoms with Crippen molar-refractivity contribution in [1.29, 1.82) is 0 Å². The van der Waals surface area contributed by atoms with Gasteiger partial charge in [-0.25, -0.2) is 4.79 Å². The maximum absolute atomic E-state index is 12.2. The van der Waals surface area contributed by atoms with Crippen molar-refractivity contribution in [3.63, 3.8) is 0 Å². The second-order valence-electron chi connectivity index (χ2n) is 5.82. The van der Waals surface area contributed by atoms with Gasteiger partial charge in [0.1, 0.15) is 0 Å². The first-order valence-corrected chi connectivity index (χ1v) is 8.08. The normalized spacial score (nSPS) is 23.1. The Labute approximate surface area is 136 Å². The van der Waals surface area contributed by atoms with Gasteiger partial charge in [-0.05, 0) is 47.5 Å². The Hall–Kier alpha value is -1.85. The number of rotatable bonds is 3. The monoisotopic (exact) mass is 358 g/mol. The summed E-state index contributed by atoms with van der Waals surface area (Å²) in [6.07, 6.45) is 5.66. The standard InChI is InChI=1S/C17H15BrN2O2/c18-14-9-10-3-1-2-4-12(10)15-13(14)7-8-19-17(15,16(21)22)20-11-5-6-11/h1-4,7-9,11,19-20H,5-6H2,(H,21,22). The summed E-state index contributed by atoms with van der Waals surface area (Å²) in [5.41, 5.74) is 0.404. The van der Waals surface area contributed by atoms with Crippen molar-refractivity contribution in [3.05, 3.63) is 52.1 Å². The molecular weight excluding hydrogens is 344 g/mol. The fraction of sp³-hybridized carbons (Fsp3) is 0.235. The molecule has 0 aromatic heterocycles. The highest BCUT2D eigenvalue weighted by Gasteiger charge is 2.47. The van der Waals surface area contributed by atoms with Crippen LogP contribution >= 0.6 is 15.9 Å². The molecule has 1 heterocycles. The highest BCUT2D eigenvalue weighted by molar-refractivity contribution is 9.10. The lowest BCUT2D eigenvalue weighted by Gasteiger charge is -2.36. The van der Waals surface area contributed by atoms with E-state index in [-0.39, 0.29) is 6.04 Å². The molecule has 3 N–H and O–H groups in total. The van der Waals surface area contributed by atoms with Crippen molar-refractivity contribution in [2.75, 3.05) is 0 Å². The molecule has 1 aliphatic heterocycles. The van der Waals surface area contributed by atoms with E-state index in [2.05, 4.69) is 26.6 Å². The Morgan fingerprint density at radius 2 is 2.14 bits per heavy atom. The Morgan fingerprint density at radius 3 is 2.86 bits per heavy atom. The summed E-state index contributed by atoms with van der Waals surface area (Å²) in [6, 6.07) is 10.2. The molecule has 0 radical (unpaired) electrons. The van der Waals surface area contributed by atoms with E-state index >= 15 is 0 Å². The van der Waals surface area contributed by atoms with Crippen LogP contribution in [0.4, 0.5) is 0 Å². The summed E-state index contributed by atoms with van der Waals surface area (Å²) in [7, 11) is 0. The molecule has 0 spiro atoms. The summed E-state index contributed by atoms with van der Waals surface area (Å²) >= 11 is 3.59. The molecule has 2 aromatic rings. The molecule has 4 nitrogen and oxygen atoms in total. The summed E-state index contributed by atoms with van der Waals surface area (Å²) in [5, 5.41) is 18.3. The van der Waals surface area contributed by atoms with E-state index in [9.17, 15) is 9.90 Å². The van der Waals surface area contributed by atoms with Crippen LogP contribution < -0.4 is 10.6 Å². The first-order chi connectivity index (χ1) is 10.6. The number of carboxylic acid groups (broad SMARTS) is 1. The zero-order valence-corrected chi connectivity index (χ0v) is 13.4. The van der Waals surface area contributed by atoms with Crippen LogP contribution in [0.2, 0.25) is 0 Å². The van der Waals surface area contributed by atoms with E-state index in [4.69, 9.17) is 0 Å². The summed E-state index contributed by atoms with van der Waals surface area (Å²) in [4.78, 5) is 12.2. The lowest BCUT2D eigenvalue weighted by molar-refractivity contribution is -0.146. The zero-order valence-electron chi connectivity index (χ0n) is 11.8. The molecular formula is C17H15BrN2O2. The van der Waals surface area contributed by atoms with Gasteiger partial charge in [-0.2, -0.15) is 0 Å². The average Bonchev–Trinajstić information content (AvgIpc) is 3.31. The minimum absolute atomic E-state index is 0.251. The molecule has 0 saturated heterocycles. The molecule has 1 fully saturated rings. The van der Waals surface area contributed by atoms with Gasteiger partial charge in [0, 0.05) is 16.1 Å². The van der Waals surface area contributed by atoms with E-state index in [1.807, 2.05) is 36.4 Å². The van der Waals surface area contributed by atoms with Crippen LogP contribution in [-0.4, -0.2) is 17.1 Å². The minimum atomic E-state index is -1.28. The Balaban J connectivity index is 2.06. The first kappa shape index (κ1) is 13.8. The molecule has 2 aliphatic rings. The van der Waals surface area contributed by atoms with Crippen LogP contribution in [0.15, 0.2) is 41.0 Å². The van der Waals surface area contributed by atoms with E-state index in [1.54, 1.807) is 6.20 Å². The van der Waals surface area contributed by atoms with E-state index in [0.717, 1.165) is 39.2 Å². The Morgan fingerprint density at radius 1 is 1.36 bits per heavy atom. The molecule has 1 atom stereocenters. The molecule has 2 aromatic carbocycles. The number of hydrogen-bond acceptors (Lipinski definition) is 3. The highest BCUT2D eigenvalue weighted by atomic mass is 79.9. The maximum Gasteiger partial charge on any atom is 0.349 e. The quantitative estimate of drug-likeness (QED) is 0.788. The predicted octanol–water partition coefficient (Wildman–Crippen LogP) is 3.17. The van der Waals surface area contributed by atoms with E-state index in [1.165, 1.54) is 0 Å². The van der Waals surface area contributed by atoms with Gasteiger partial charge in [-0.3, -0.25) is 5.32 Å². The van der Waals surface area contributed by atoms with Crippen molar-refractivity contribution >= 4 is 38.7 Å². The molecule has 1 unspecified atom stereocenters. The lowest BCUT2D eigenvalue weighted by Crippen LogP contribution is -2.60. The van der Waals surface area contributed by atoms with Gasteiger partial charge < -0.3 is 10.4 Å². The van der Waals surface area contributed by atoms with Crippen LogP contribution in [0.1, 0.15) is 24.0 Å². The minimum Gasteiger partial charge on any atom is -0.478 e. The third kappa shape index (κ3) is 1.96. The van der Waals surface area contributed by atoms with Gasteiger partial charge in [0.15, 0.2) is 0 Å². The van der Waals surface area contributed by atoms with Gasteiger partial charge >= 0.3 is 5.97 Å². The zero-order chi connectivity index (χ0) is 15.3. The number of halogens is 1. The van der Waals surface area contributed by atoms with Gasteiger partial charge in [-0.1, -0.05) is 40.2 Å². The van der Waals surface area contributed by atoms with Gasteiger partial charge in [0.2, 0.25) is 5.66 Å². The topological polar surface area (TPSA) is 61.4 Å². The Kier molecular flexibility index (Phi) is 3.03. The van der Waals surface area contributed by atoms with Crippen LogP contribution in [0, 0.1) is 0 Å². The average molecular weight is 359 g/mol. The number of benzene rings is 2. The fourth-order valence-corrected chi connectivity index (χ4v) is 3.67. The highest BCUT2D eigenvalue weighted by Crippen LogP contribution is 2.40. The van der Waals surface area contributed by atoms with Crippen LogP contribution in [0.5, 0.6) is 0 Å². The third-order valence-electron chi connectivity index (χ3n) is 4.28. The predicted molar refractivity (Wildman–Crippen MR) is 89.3 cm³/mol. The number of nitrogens with one attached hydrogen (secondary N) is 2. The maximum atomic E-state index is 12.2. The smallest absolute Gasteiger partial charge is 0.349 e. The summed E-state index contributed by atoms with van der Waals surface area (Å²) in [6.45, 7) is 0. The van der Waals surface area contributed by atoms with Crippen molar-refractivity contribution in [1.82, 2.24) is 10.6 Å². The molecule has 1 saturated carbocycles. The summed E-state index contributed by atoms with van der Waals surface area (Å²) in [5.74, 6) is -0.909. The van der Waals surface area contributed by atoms with Crippen LogP contribution in [-0.2, 0) is 10.5 Å². The second-order valence-corrected chi connectivity index (χ2v) is 6.67. The molecule has 22 heavy (non-hydrogen) atoms. The van der Waals surface area contributed by atoms with E-state index in [0.29, 0.717) is 0 Å². The molecule has 112 valence electrons. The SMILES string of the molecule is O=C(O)C1(NC2CC2)NC=Cc2c(Br)cc3ccccc3c21. The van der Waals surface area contributed by atoms with Crippen molar-refractivity contribution in [3.8, 4) is 0 Å². The fourth-order valence-electron chi connectivity index (χ4n) is 3.10. The van der Waals surface area contributed by atoms with Gasteiger partial charge in [-0.15, -0.1) is 0 Å². The van der Waals surface area contributed by atoms with Crippen LogP contribution in [0.3, 0.4) is 0 Å². The largest absolute Gasteiger partial charge is 0.478 e. The number of carbonyl (C=O) groups is 1. The van der Waals surface area contributed by atoms with Crippen molar-refractivity contribution in [2.45, 2.75) is 24.5 Å². The Bertz CT molecular complexity index is 814. The van der Waals surface area contributed by atoms with Crippen molar-refractivity contribution in [2.24, 2.45) is 0 Å². The molecule has 4 rings (SSSR count). The second kappa shape index (κ2) is 4.83. The lowest BCUT2D eigenvalue weighted by atomic mass is 9.86. The molecule has 0 amide bonds. The molecule has 1 aliphatic carbocycles. The summed E-state index contributed by atoms with van der Waals surface area (Å²) < 4.78 is 0.905. The third-order valence-corrected chi connectivity index (χ3v) is 4.94. The molecule has 0 bridgehead atoms. The molecule has 5 heteroatoms. The van der Waals surface area contributed by atoms with E-state index < -0.39 is 11.6 Å². The van der Waals surface area contributed by atoms with Crippen LogP contribution in [0.25, 0.3) is 16.8 Å². The number of carboxylic acids is 1. The van der Waals surface area contributed by atoms with Gasteiger partial charge in [0.25, 0.3) is 0 Å².